The fourth-order valence-corrected chi connectivity index (χ4v) is 3.49. The Bertz CT molecular complexity index is 1710. The molecule has 2 atom stereocenters. The molecule has 16 heteroatoms. The van der Waals surface area contributed by atoms with Crippen molar-refractivity contribution in [2.75, 3.05) is 0 Å². The van der Waals surface area contributed by atoms with E-state index in [-0.39, 0.29) is 23.2 Å². The summed E-state index contributed by atoms with van der Waals surface area (Å²) >= 11 is 0. The second-order valence-corrected chi connectivity index (χ2v) is 10.1. The predicted molar refractivity (Wildman–Crippen MR) is 152 cm³/mol. The molecule has 0 spiro atoms. The van der Waals surface area contributed by atoms with Crippen LogP contribution >= 0.6 is 0 Å². The molecule has 256 valence electrons. The molecule has 0 aliphatic heterocycles. The highest BCUT2D eigenvalue weighted by molar-refractivity contribution is 5.97. The Morgan fingerprint density at radius 1 is 0.688 bits per heavy atom. The van der Waals surface area contributed by atoms with Crippen LogP contribution in [-0.2, 0) is 6.54 Å². The van der Waals surface area contributed by atoms with Gasteiger partial charge in [-0.15, -0.1) is 0 Å². The SMILES string of the molecule is C[C@@H](CC(=O)c1ccc(C#N)cc1F)C(F)(F)F.C[C@@H](CC(=O)c1ccc(CN)cc1F)C(F)(F)F.N#Cc1ccc(C(=O)O)c(F)c1. The van der Waals surface area contributed by atoms with E-state index in [2.05, 4.69) is 0 Å². The third kappa shape index (κ3) is 12.5. The lowest BCUT2D eigenvalue weighted by Crippen LogP contribution is -2.23. The summed E-state index contributed by atoms with van der Waals surface area (Å²) in [6.07, 6.45) is -10.5. The Morgan fingerprint density at radius 2 is 1.04 bits per heavy atom. The maximum atomic E-state index is 13.5. The van der Waals surface area contributed by atoms with E-state index >= 15 is 0 Å². The number of aromatic carboxylic acids is 1. The fourth-order valence-electron chi connectivity index (χ4n) is 3.49. The quantitative estimate of drug-likeness (QED) is 0.181. The van der Waals surface area contributed by atoms with Gasteiger partial charge in [-0.05, 0) is 54.1 Å². The average molecular weight is 688 g/mol. The van der Waals surface area contributed by atoms with Crippen molar-refractivity contribution in [3.8, 4) is 12.1 Å². The molecule has 0 bridgehead atoms. The summed E-state index contributed by atoms with van der Waals surface area (Å²) in [6.45, 7) is 1.86. The number of nitriles is 2. The maximum Gasteiger partial charge on any atom is 0.391 e. The van der Waals surface area contributed by atoms with Crippen LogP contribution in [0.15, 0.2) is 54.6 Å². The number of carbonyl (C=O) groups is 3. The number of rotatable bonds is 8. The number of carboxylic acid groups (broad SMARTS) is 1. The lowest BCUT2D eigenvalue weighted by atomic mass is 9.98. The van der Waals surface area contributed by atoms with Crippen molar-refractivity contribution in [1.29, 1.82) is 10.5 Å². The van der Waals surface area contributed by atoms with Gasteiger partial charge in [-0.25, -0.2) is 18.0 Å². The predicted octanol–water partition coefficient (Wildman–Crippen LogP) is 7.92. The molecule has 0 radical (unpaired) electrons. The first-order chi connectivity index (χ1) is 22.2. The van der Waals surface area contributed by atoms with Crippen LogP contribution < -0.4 is 5.73 Å². The second kappa shape index (κ2) is 17.6. The first kappa shape index (κ1) is 40.8. The van der Waals surface area contributed by atoms with Gasteiger partial charge < -0.3 is 10.8 Å². The number of benzene rings is 3. The molecule has 48 heavy (non-hydrogen) atoms. The molecule has 3 rings (SSSR count). The smallest absolute Gasteiger partial charge is 0.391 e. The van der Waals surface area contributed by atoms with Gasteiger partial charge in [-0.3, -0.25) is 9.59 Å². The van der Waals surface area contributed by atoms with Gasteiger partial charge in [0.15, 0.2) is 11.6 Å². The number of ketones is 2. The van der Waals surface area contributed by atoms with E-state index in [4.69, 9.17) is 21.4 Å². The number of nitrogens with zero attached hydrogens (tertiary/aromatic N) is 2. The van der Waals surface area contributed by atoms with Crippen molar-refractivity contribution >= 4 is 17.5 Å². The van der Waals surface area contributed by atoms with Crippen molar-refractivity contribution in [1.82, 2.24) is 0 Å². The van der Waals surface area contributed by atoms with Crippen LogP contribution in [0.4, 0.5) is 39.5 Å². The number of carbonyl (C=O) groups excluding carboxylic acids is 2. The van der Waals surface area contributed by atoms with Crippen LogP contribution in [0.2, 0.25) is 0 Å². The Kier molecular flexibility index (Phi) is 15.0. The fraction of sp³-hybridized carbons (Fsp3) is 0.281. The molecule has 3 aromatic carbocycles. The molecule has 3 N–H and O–H groups in total. The molecule has 0 heterocycles. The molecular weight excluding hydrogens is 661 g/mol. The number of carboxylic acids is 1. The lowest BCUT2D eigenvalue weighted by molar-refractivity contribution is -0.169. The van der Waals surface area contributed by atoms with Crippen LogP contribution in [0.3, 0.4) is 0 Å². The van der Waals surface area contributed by atoms with Gasteiger partial charge in [0.25, 0.3) is 0 Å². The summed E-state index contributed by atoms with van der Waals surface area (Å²) in [4.78, 5) is 33.3. The Morgan fingerprint density at radius 3 is 1.33 bits per heavy atom. The summed E-state index contributed by atoms with van der Waals surface area (Å²) in [5, 5.41) is 25.2. The van der Waals surface area contributed by atoms with Gasteiger partial charge in [0.1, 0.15) is 17.5 Å². The molecule has 0 unspecified atom stereocenters. The van der Waals surface area contributed by atoms with Crippen molar-refractivity contribution < 1.29 is 59.0 Å². The molecule has 0 amide bonds. The van der Waals surface area contributed by atoms with Crippen LogP contribution in [0.1, 0.15) is 74.5 Å². The minimum atomic E-state index is -4.49. The highest BCUT2D eigenvalue weighted by Crippen LogP contribution is 2.30. The average Bonchev–Trinajstić information content (AvgIpc) is 3.00. The molecule has 0 aliphatic rings. The zero-order valence-corrected chi connectivity index (χ0v) is 25.0. The second-order valence-electron chi connectivity index (χ2n) is 10.1. The normalized spacial score (nSPS) is 12.1. The Balaban J connectivity index is 0.000000368. The van der Waals surface area contributed by atoms with Crippen molar-refractivity contribution in [3.05, 3.63) is 105 Å². The molecule has 0 saturated heterocycles. The van der Waals surface area contributed by atoms with E-state index < -0.39 is 83.1 Å². The third-order valence-electron chi connectivity index (χ3n) is 6.40. The van der Waals surface area contributed by atoms with Gasteiger partial charge in [-0.2, -0.15) is 36.9 Å². The largest absolute Gasteiger partial charge is 0.478 e. The van der Waals surface area contributed by atoms with Crippen molar-refractivity contribution in [2.45, 2.75) is 45.6 Å². The lowest BCUT2D eigenvalue weighted by Gasteiger charge is -2.14. The van der Waals surface area contributed by atoms with E-state index in [1.165, 1.54) is 24.3 Å². The van der Waals surface area contributed by atoms with E-state index in [1.807, 2.05) is 0 Å². The molecule has 7 nitrogen and oxygen atoms in total. The summed E-state index contributed by atoms with van der Waals surface area (Å²) in [6, 6.07) is 13.3. The maximum absolute atomic E-state index is 13.5. The van der Waals surface area contributed by atoms with Crippen molar-refractivity contribution in [2.24, 2.45) is 17.6 Å². The van der Waals surface area contributed by atoms with Crippen molar-refractivity contribution in [3.63, 3.8) is 0 Å². The molecule has 0 fully saturated rings. The minimum Gasteiger partial charge on any atom is -0.478 e. The number of Topliss-reactive ketones (excluding diaryl/α,β-unsaturated/α-hetero) is 2. The summed E-state index contributed by atoms with van der Waals surface area (Å²) in [7, 11) is 0. The first-order valence-corrected chi connectivity index (χ1v) is 13.5. The molecule has 0 saturated carbocycles. The van der Waals surface area contributed by atoms with Crippen LogP contribution in [0, 0.1) is 51.9 Å². The first-order valence-electron chi connectivity index (χ1n) is 13.5. The molecule has 0 aliphatic carbocycles. The molecule has 0 aromatic heterocycles. The summed E-state index contributed by atoms with van der Waals surface area (Å²) in [5.74, 6) is -9.45. The Hall–Kier alpha value is -5.22. The van der Waals surface area contributed by atoms with Gasteiger partial charge >= 0.3 is 18.3 Å². The van der Waals surface area contributed by atoms with E-state index in [0.717, 1.165) is 44.2 Å². The monoisotopic (exact) mass is 687 g/mol. The number of hydrogen-bond acceptors (Lipinski definition) is 6. The van der Waals surface area contributed by atoms with E-state index in [9.17, 15) is 53.9 Å². The molecule has 3 aromatic rings. The highest BCUT2D eigenvalue weighted by atomic mass is 19.4. The van der Waals surface area contributed by atoms with Gasteiger partial charge in [0.05, 0.1) is 51.8 Å². The number of hydrogen-bond donors (Lipinski definition) is 2. The van der Waals surface area contributed by atoms with E-state index in [0.29, 0.717) is 5.56 Å². The van der Waals surface area contributed by atoms with Crippen LogP contribution in [-0.4, -0.2) is 35.0 Å². The third-order valence-corrected chi connectivity index (χ3v) is 6.40. The van der Waals surface area contributed by atoms with Gasteiger partial charge in [-0.1, -0.05) is 19.9 Å². The van der Waals surface area contributed by atoms with Gasteiger partial charge in [0.2, 0.25) is 0 Å². The van der Waals surface area contributed by atoms with Crippen LogP contribution in [0.25, 0.3) is 0 Å². The summed E-state index contributed by atoms with van der Waals surface area (Å²) in [5.41, 5.74) is 4.70. The number of halogens is 9. The van der Waals surface area contributed by atoms with Gasteiger partial charge in [0, 0.05) is 19.4 Å². The molecular formula is C32H26F9N3O4. The number of alkyl halides is 6. The zero-order chi connectivity index (χ0) is 37.0. The van der Waals surface area contributed by atoms with Crippen LogP contribution in [0.5, 0.6) is 0 Å². The number of nitrogens with two attached hydrogens (primary N) is 1. The van der Waals surface area contributed by atoms with E-state index in [1.54, 1.807) is 12.1 Å². The minimum absolute atomic E-state index is 0.00733. The summed E-state index contributed by atoms with van der Waals surface area (Å²) < 4.78 is 113. The topological polar surface area (TPSA) is 145 Å². The Labute approximate surface area is 268 Å². The standard InChI is InChI=1S/C12H13F4NO.C12H9F4NO.C8H4FNO2/c2*1-7(12(14,15)16)4-11(18)9-3-2-8(6-17)5-10(9)13;9-7-3-5(4-10)1-2-6(7)8(11)12/h2-3,5,7H,4,6,17H2,1H3;2-3,5,7H,4H2,1H3;1-3H,(H,11,12)/t2*7-;/m00./s1. The zero-order valence-electron chi connectivity index (χ0n) is 25.0. The highest BCUT2D eigenvalue weighted by Gasteiger charge is 2.38.